The van der Waals surface area contributed by atoms with Crippen LogP contribution < -0.4 is 11.1 Å². The zero-order chi connectivity index (χ0) is 13.0. The third-order valence-electron chi connectivity index (χ3n) is 2.97. The van der Waals surface area contributed by atoms with Crippen molar-refractivity contribution < 1.29 is 4.79 Å². The van der Waals surface area contributed by atoms with E-state index in [4.69, 9.17) is 5.73 Å². The Morgan fingerprint density at radius 1 is 1.39 bits per heavy atom. The van der Waals surface area contributed by atoms with Crippen molar-refractivity contribution in [1.82, 2.24) is 9.88 Å². The maximum atomic E-state index is 11.7. The molecule has 0 aliphatic heterocycles. The van der Waals surface area contributed by atoms with Gasteiger partial charge in [-0.3, -0.25) is 4.79 Å². The molecule has 1 amide bonds. The SMILES string of the molecule is CCNC(=O)Cn1cc(CCN)c2ccccc21. The van der Waals surface area contributed by atoms with Crippen molar-refractivity contribution in [3.8, 4) is 0 Å². The number of para-hydroxylation sites is 1. The quantitative estimate of drug-likeness (QED) is 0.833. The number of fused-ring (bicyclic) bond motifs is 1. The molecule has 1 aromatic heterocycles. The Labute approximate surface area is 107 Å². The molecule has 1 heterocycles. The van der Waals surface area contributed by atoms with Crippen LogP contribution in [0.3, 0.4) is 0 Å². The molecule has 0 saturated heterocycles. The first-order valence-corrected chi connectivity index (χ1v) is 6.29. The maximum Gasteiger partial charge on any atom is 0.239 e. The molecule has 0 unspecified atom stereocenters. The largest absolute Gasteiger partial charge is 0.355 e. The maximum absolute atomic E-state index is 11.7. The fourth-order valence-corrected chi connectivity index (χ4v) is 2.22. The van der Waals surface area contributed by atoms with Gasteiger partial charge in [-0.05, 0) is 31.5 Å². The van der Waals surface area contributed by atoms with Gasteiger partial charge < -0.3 is 15.6 Å². The van der Waals surface area contributed by atoms with E-state index in [0.717, 1.165) is 11.9 Å². The highest BCUT2D eigenvalue weighted by molar-refractivity contribution is 5.86. The first-order chi connectivity index (χ1) is 8.76. The second-order valence-electron chi connectivity index (χ2n) is 4.29. The summed E-state index contributed by atoms with van der Waals surface area (Å²) in [5, 5.41) is 4.00. The van der Waals surface area contributed by atoms with Crippen LogP contribution in [-0.4, -0.2) is 23.6 Å². The number of hydrogen-bond acceptors (Lipinski definition) is 2. The molecule has 96 valence electrons. The average molecular weight is 245 g/mol. The molecule has 0 atom stereocenters. The fraction of sp³-hybridized carbons (Fsp3) is 0.357. The molecule has 2 aromatic rings. The zero-order valence-corrected chi connectivity index (χ0v) is 10.6. The molecule has 0 radical (unpaired) electrons. The van der Waals surface area contributed by atoms with E-state index in [1.807, 2.05) is 35.9 Å². The summed E-state index contributed by atoms with van der Waals surface area (Å²) < 4.78 is 1.99. The molecule has 1 aromatic carbocycles. The van der Waals surface area contributed by atoms with E-state index in [0.29, 0.717) is 19.6 Å². The lowest BCUT2D eigenvalue weighted by Gasteiger charge is -2.05. The summed E-state index contributed by atoms with van der Waals surface area (Å²) in [6.45, 7) is 3.56. The molecule has 0 aliphatic rings. The molecule has 0 spiro atoms. The van der Waals surface area contributed by atoms with Gasteiger partial charge in [-0.15, -0.1) is 0 Å². The number of carbonyl (C=O) groups excluding carboxylic acids is 1. The van der Waals surface area contributed by atoms with Gasteiger partial charge in [0.1, 0.15) is 6.54 Å². The summed E-state index contributed by atoms with van der Waals surface area (Å²) in [5.41, 5.74) is 7.92. The molecule has 0 fully saturated rings. The molecule has 0 saturated carbocycles. The molecular formula is C14H19N3O. The predicted octanol–water partition coefficient (Wildman–Crippen LogP) is 1.28. The van der Waals surface area contributed by atoms with Crippen LogP contribution >= 0.6 is 0 Å². The number of aromatic nitrogens is 1. The Balaban J connectivity index is 2.35. The molecular weight excluding hydrogens is 226 g/mol. The van der Waals surface area contributed by atoms with E-state index in [1.54, 1.807) is 0 Å². The third-order valence-corrected chi connectivity index (χ3v) is 2.97. The second-order valence-corrected chi connectivity index (χ2v) is 4.29. The minimum absolute atomic E-state index is 0.0394. The number of rotatable bonds is 5. The molecule has 0 aliphatic carbocycles. The van der Waals surface area contributed by atoms with E-state index in [2.05, 4.69) is 11.4 Å². The van der Waals surface area contributed by atoms with Gasteiger partial charge >= 0.3 is 0 Å². The molecule has 3 N–H and O–H groups in total. The number of hydrogen-bond donors (Lipinski definition) is 2. The van der Waals surface area contributed by atoms with Gasteiger partial charge in [-0.25, -0.2) is 0 Å². The van der Waals surface area contributed by atoms with Gasteiger partial charge in [-0.1, -0.05) is 18.2 Å². The monoisotopic (exact) mass is 245 g/mol. The lowest BCUT2D eigenvalue weighted by Crippen LogP contribution is -2.26. The zero-order valence-electron chi connectivity index (χ0n) is 10.6. The van der Waals surface area contributed by atoms with Gasteiger partial charge in [0.25, 0.3) is 0 Å². The fourth-order valence-electron chi connectivity index (χ4n) is 2.22. The number of benzene rings is 1. The number of carbonyl (C=O) groups is 1. The average Bonchev–Trinajstić information content (AvgIpc) is 2.69. The van der Waals surface area contributed by atoms with Crippen molar-refractivity contribution in [1.29, 1.82) is 0 Å². The highest BCUT2D eigenvalue weighted by Crippen LogP contribution is 2.21. The van der Waals surface area contributed by atoms with Gasteiger partial charge in [-0.2, -0.15) is 0 Å². The van der Waals surface area contributed by atoms with Gasteiger partial charge in [0, 0.05) is 23.6 Å². The number of nitrogens with one attached hydrogen (secondary N) is 1. The summed E-state index contributed by atoms with van der Waals surface area (Å²) >= 11 is 0. The Morgan fingerprint density at radius 2 is 2.17 bits per heavy atom. The van der Waals surface area contributed by atoms with Crippen LogP contribution in [0.25, 0.3) is 10.9 Å². The summed E-state index contributed by atoms with van der Waals surface area (Å²) in [7, 11) is 0. The van der Waals surface area contributed by atoms with Crippen LogP contribution in [0.15, 0.2) is 30.5 Å². The van der Waals surface area contributed by atoms with Crippen LogP contribution in [0.4, 0.5) is 0 Å². The van der Waals surface area contributed by atoms with E-state index in [9.17, 15) is 4.79 Å². The van der Waals surface area contributed by atoms with Crippen molar-refractivity contribution in [3.05, 3.63) is 36.0 Å². The van der Waals surface area contributed by atoms with Crippen LogP contribution in [-0.2, 0) is 17.8 Å². The third kappa shape index (κ3) is 2.54. The van der Waals surface area contributed by atoms with Crippen molar-refractivity contribution in [2.24, 2.45) is 5.73 Å². The molecule has 2 rings (SSSR count). The first kappa shape index (κ1) is 12.6. The number of nitrogens with zero attached hydrogens (tertiary/aromatic N) is 1. The predicted molar refractivity (Wildman–Crippen MR) is 73.4 cm³/mol. The molecule has 18 heavy (non-hydrogen) atoms. The highest BCUT2D eigenvalue weighted by Gasteiger charge is 2.09. The van der Waals surface area contributed by atoms with Crippen molar-refractivity contribution in [2.45, 2.75) is 19.9 Å². The van der Waals surface area contributed by atoms with Crippen LogP contribution in [0.5, 0.6) is 0 Å². The summed E-state index contributed by atoms with van der Waals surface area (Å²) in [5.74, 6) is 0.0394. The van der Waals surface area contributed by atoms with Crippen LogP contribution in [0.2, 0.25) is 0 Å². The normalized spacial score (nSPS) is 10.8. The minimum Gasteiger partial charge on any atom is -0.355 e. The number of likely N-dealkylation sites (N-methyl/N-ethyl adjacent to an activating group) is 1. The smallest absolute Gasteiger partial charge is 0.239 e. The minimum atomic E-state index is 0.0394. The highest BCUT2D eigenvalue weighted by atomic mass is 16.1. The number of nitrogens with two attached hydrogens (primary N) is 1. The first-order valence-electron chi connectivity index (χ1n) is 6.29. The van der Waals surface area contributed by atoms with E-state index in [-0.39, 0.29) is 5.91 Å². The van der Waals surface area contributed by atoms with Gasteiger partial charge in [0.15, 0.2) is 0 Å². The Kier molecular flexibility index (Phi) is 3.99. The molecule has 0 bridgehead atoms. The van der Waals surface area contributed by atoms with E-state index in [1.165, 1.54) is 10.9 Å². The topological polar surface area (TPSA) is 60.0 Å². The van der Waals surface area contributed by atoms with Crippen molar-refractivity contribution >= 4 is 16.8 Å². The summed E-state index contributed by atoms with van der Waals surface area (Å²) in [6.07, 6.45) is 2.87. The van der Waals surface area contributed by atoms with Gasteiger partial charge in [0.05, 0.1) is 0 Å². The standard InChI is InChI=1S/C14H19N3O/c1-2-16-14(18)10-17-9-11(7-8-15)12-5-3-4-6-13(12)17/h3-6,9H,2,7-8,10,15H2,1H3,(H,16,18). The molecule has 4 heteroatoms. The Hall–Kier alpha value is -1.81. The number of amides is 1. The lowest BCUT2D eigenvalue weighted by atomic mass is 10.1. The second kappa shape index (κ2) is 5.69. The van der Waals surface area contributed by atoms with E-state index >= 15 is 0 Å². The Morgan fingerprint density at radius 3 is 2.89 bits per heavy atom. The van der Waals surface area contributed by atoms with Crippen molar-refractivity contribution in [3.63, 3.8) is 0 Å². The van der Waals surface area contributed by atoms with E-state index < -0.39 is 0 Å². The summed E-state index contributed by atoms with van der Waals surface area (Å²) in [4.78, 5) is 11.7. The van der Waals surface area contributed by atoms with Crippen LogP contribution in [0, 0.1) is 0 Å². The lowest BCUT2D eigenvalue weighted by molar-refractivity contribution is -0.121. The van der Waals surface area contributed by atoms with Crippen LogP contribution in [0.1, 0.15) is 12.5 Å². The van der Waals surface area contributed by atoms with Crippen molar-refractivity contribution in [2.75, 3.05) is 13.1 Å². The summed E-state index contributed by atoms with van der Waals surface area (Å²) in [6, 6.07) is 8.12. The van der Waals surface area contributed by atoms with Gasteiger partial charge in [0.2, 0.25) is 5.91 Å². The molecule has 4 nitrogen and oxygen atoms in total. The Bertz CT molecular complexity index is 545.